The number of carbonyl (C=O) groups excluding carboxylic acids is 2. The van der Waals surface area contributed by atoms with Crippen LogP contribution < -0.4 is 5.32 Å². The molecule has 1 aliphatic rings. The number of amides is 2. The molecule has 2 atom stereocenters. The van der Waals surface area contributed by atoms with Crippen molar-refractivity contribution in [3.05, 3.63) is 41.3 Å². The predicted octanol–water partition coefficient (Wildman–Crippen LogP) is 5.19. The molecule has 0 aliphatic carbocycles. The molecule has 1 N–H and O–H groups in total. The molecule has 0 radical (unpaired) electrons. The van der Waals surface area contributed by atoms with E-state index in [2.05, 4.69) is 45.1 Å². The topological polar surface area (TPSA) is 75.4 Å². The molecule has 0 bridgehead atoms. The number of rotatable bonds is 2. The number of hydrogen-bond donors (Lipinski definition) is 1. The molecule has 9 heteroatoms. The van der Waals surface area contributed by atoms with Crippen LogP contribution in [0.2, 0.25) is 0 Å². The Labute approximate surface area is 187 Å². The van der Waals surface area contributed by atoms with E-state index in [0.717, 1.165) is 23.0 Å². The number of piperazine rings is 1. The van der Waals surface area contributed by atoms with Crippen molar-refractivity contribution in [3.8, 4) is 11.3 Å². The highest BCUT2D eigenvalue weighted by atomic mass is 19.1. The van der Waals surface area contributed by atoms with Crippen LogP contribution >= 0.6 is 0 Å². The van der Waals surface area contributed by atoms with Crippen molar-refractivity contribution in [2.45, 2.75) is 67.0 Å². The zero-order chi connectivity index (χ0) is 24.6. The summed E-state index contributed by atoms with van der Waals surface area (Å²) in [7, 11) is 0. The molecule has 3 rings (SSSR count). The Kier molecular flexibility index (Phi) is 10.4. The molecule has 1 saturated heterocycles. The van der Waals surface area contributed by atoms with Crippen molar-refractivity contribution in [2.75, 3.05) is 6.54 Å². The molecule has 32 heavy (non-hydrogen) atoms. The Hall–Kier alpha value is -2.84. The lowest BCUT2D eigenvalue weighted by molar-refractivity contribution is -0.128. The Morgan fingerprint density at radius 3 is 2.31 bits per heavy atom. The first kappa shape index (κ1) is 27.2. The summed E-state index contributed by atoms with van der Waals surface area (Å²) >= 11 is 0. The molecule has 2 unspecified atom stereocenters. The van der Waals surface area contributed by atoms with E-state index in [1.807, 2.05) is 0 Å². The monoisotopic (exact) mass is 455 g/mol. The zero-order valence-corrected chi connectivity index (χ0v) is 19.6. The van der Waals surface area contributed by atoms with Crippen LogP contribution in [0.25, 0.3) is 11.3 Å². The van der Waals surface area contributed by atoms with Crippen LogP contribution in [0.1, 0.15) is 65.4 Å². The number of benzene rings is 1. The van der Waals surface area contributed by atoms with E-state index in [9.17, 15) is 22.8 Å². The molecule has 0 spiro atoms. The predicted molar refractivity (Wildman–Crippen MR) is 116 cm³/mol. The third kappa shape index (κ3) is 7.10. The van der Waals surface area contributed by atoms with Gasteiger partial charge in [0, 0.05) is 18.7 Å². The van der Waals surface area contributed by atoms with Gasteiger partial charge in [0.1, 0.15) is 17.7 Å². The van der Waals surface area contributed by atoms with Crippen LogP contribution in [0, 0.1) is 23.4 Å². The molecular weight excluding hydrogens is 423 g/mol. The highest BCUT2D eigenvalue weighted by Gasteiger charge is 2.36. The normalized spacial score (nSPS) is 17.7. The first-order valence-electron chi connectivity index (χ1n) is 10.7. The van der Waals surface area contributed by atoms with Gasteiger partial charge in [0.25, 0.3) is 5.91 Å². The van der Waals surface area contributed by atoms with Crippen molar-refractivity contribution in [1.82, 2.24) is 15.4 Å². The van der Waals surface area contributed by atoms with Gasteiger partial charge in [-0.3, -0.25) is 9.59 Å². The summed E-state index contributed by atoms with van der Waals surface area (Å²) in [5.74, 6) is -4.04. The van der Waals surface area contributed by atoms with Gasteiger partial charge in [0.05, 0.1) is 5.56 Å². The largest absolute Gasteiger partial charge is 0.352 e. The van der Waals surface area contributed by atoms with Gasteiger partial charge in [-0.1, -0.05) is 46.2 Å². The fourth-order valence-electron chi connectivity index (χ4n) is 2.65. The zero-order valence-electron chi connectivity index (χ0n) is 19.6. The van der Waals surface area contributed by atoms with Gasteiger partial charge in [-0.2, -0.15) is 4.39 Å². The molecule has 1 fully saturated rings. The third-order valence-corrected chi connectivity index (χ3v) is 3.98. The minimum atomic E-state index is -1.17. The molecule has 1 aromatic carbocycles. The Morgan fingerprint density at radius 1 is 1.22 bits per heavy atom. The summed E-state index contributed by atoms with van der Waals surface area (Å²) in [5, 5.41) is 6.05. The van der Waals surface area contributed by atoms with Gasteiger partial charge in [-0.15, -0.1) is 0 Å². The van der Waals surface area contributed by atoms with Crippen molar-refractivity contribution >= 4 is 11.8 Å². The number of aromatic nitrogens is 1. The lowest BCUT2D eigenvalue weighted by atomic mass is 10.1. The molecule has 178 valence electrons. The maximum absolute atomic E-state index is 14.6. The summed E-state index contributed by atoms with van der Waals surface area (Å²) in [6.45, 7) is 14.1. The Morgan fingerprint density at radius 2 is 1.78 bits per heavy atom. The summed E-state index contributed by atoms with van der Waals surface area (Å²) < 4.78 is 46.1. The van der Waals surface area contributed by atoms with Crippen molar-refractivity contribution < 1.29 is 27.3 Å². The quantitative estimate of drug-likeness (QED) is 0.677. The van der Waals surface area contributed by atoms with E-state index in [0.29, 0.717) is 6.07 Å². The smallest absolute Gasteiger partial charge is 0.279 e. The fourth-order valence-corrected chi connectivity index (χ4v) is 2.65. The second-order valence-corrected chi connectivity index (χ2v) is 8.28. The van der Waals surface area contributed by atoms with Crippen LogP contribution in [0.5, 0.6) is 0 Å². The minimum Gasteiger partial charge on any atom is -0.352 e. The minimum absolute atomic E-state index is 0.165. The Balaban J connectivity index is 0.000000645. The van der Waals surface area contributed by atoms with E-state index in [-0.39, 0.29) is 24.1 Å². The summed E-state index contributed by atoms with van der Waals surface area (Å²) in [4.78, 5) is 25.5. The van der Waals surface area contributed by atoms with Gasteiger partial charge in [-0.05, 0) is 31.9 Å². The maximum atomic E-state index is 14.6. The standard InChI is InChI=1S/C16H14F3N3O3.C4H10.C3H8/c1-7-6-22(8(2)15(23)20-7)16(24)13-12(19)14(25-21-13)10-4-3-9(17)5-11(10)18;1-4(2)3;1-3-2/h3-5,7-8H,6H2,1-2H3,(H,20,23);4H,1-3H3;3H2,1-2H3. The van der Waals surface area contributed by atoms with E-state index in [4.69, 9.17) is 4.52 Å². The molecule has 0 saturated carbocycles. The summed E-state index contributed by atoms with van der Waals surface area (Å²) in [6.07, 6.45) is 1.25. The number of carbonyl (C=O) groups is 2. The third-order valence-electron chi connectivity index (χ3n) is 3.98. The molecule has 6 nitrogen and oxygen atoms in total. The van der Waals surface area contributed by atoms with Gasteiger partial charge in [0.15, 0.2) is 0 Å². The average Bonchev–Trinajstić information content (AvgIpc) is 3.05. The van der Waals surface area contributed by atoms with Crippen molar-refractivity contribution in [1.29, 1.82) is 0 Å². The highest BCUT2D eigenvalue weighted by molar-refractivity contribution is 5.97. The van der Waals surface area contributed by atoms with Crippen LogP contribution in [-0.2, 0) is 4.79 Å². The van der Waals surface area contributed by atoms with Gasteiger partial charge < -0.3 is 14.7 Å². The van der Waals surface area contributed by atoms with Gasteiger partial charge in [-0.25, -0.2) is 8.78 Å². The average molecular weight is 456 g/mol. The number of hydrogen-bond acceptors (Lipinski definition) is 4. The second kappa shape index (κ2) is 12.3. The van der Waals surface area contributed by atoms with E-state index >= 15 is 0 Å². The lowest BCUT2D eigenvalue weighted by Crippen LogP contribution is -2.59. The molecule has 2 heterocycles. The number of nitrogens with zero attached hydrogens (tertiary/aromatic N) is 2. The van der Waals surface area contributed by atoms with Crippen LogP contribution in [0.3, 0.4) is 0 Å². The lowest BCUT2D eigenvalue weighted by Gasteiger charge is -2.35. The molecular formula is C23H32F3N3O3. The van der Waals surface area contributed by atoms with Crippen molar-refractivity contribution in [2.24, 2.45) is 5.92 Å². The van der Waals surface area contributed by atoms with Gasteiger partial charge in [0.2, 0.25) is 23.2 Å². The Bertz CT molecular complexity index is 912. The summed E-state index contributed by atoms with van der Waals surface area (Å²) in [6, 6.07) is 1.36. The number of nitrogens with one attached hydrogen (secondary N) is 1. The first-order chi connectivity index (χ1) is 14.9. The van der Waals surface area contributed by atoms with Crippen molar-refractivity contribution in [3.63, 3.8) is 0 Å². The fraction of sp³-hybridized carbons (Fsp3) is 0.522. The van der Waals surface area contributed by atoms with Crippen LogP contribution in [0.15, 0.2) is 22.7 Å². The molecule has 1 aromatic heterocycles. The van der Waals surface area contributed by atoms with Gasteiger partial charge >= 0.3 is 0 Å². The van der Waals surface area contributed by atoms with Crippen LogP contribution in [-0.4, -0.2) is 40.5 Å². The highest BCUT2D eigenvalue weighted by Crippen LogP contribution is 2.29. The van der Waals surface area contributed by atoms with E-state index < -0.39 is 40.9 Å². The molecule has 2 aromatic rings. The van der Waals surface area contributed by atoms with E-state index in [1.54, 1.807) is 6.92 Å². The number of halogens is 3. The second-order valence-electron chi connectivity index (χ2n) is 8.28. The van der Waals surface area contributed by atoms with E-state index in [1.165, 1.54) is 13.3 Å². The first-order valence-corrected chi connectivity index (χ1v) is 10.7. The SMILES string of the molecule is CC(C)C.CC1CN(C(=O)c2noc(-c3ccc(F)cc3F)c2F)C(C)C(=O)N1.CCC. The maximum Gasteiger partial charge on any atom is 0.279 e. The summed E-state index contributed by atoms with van der Waals surface area (Å²) in [5.41, 5.74) is -1.02. The molecule has 2 amide bonds. The van der Waals surface area contributed by atoms with Crippen LogP contribution in [0.4, 0.5) is 13.2 Å². The molecule has 1 aliphatic heterocycles.